The maximum atomic E-state index is 12.5. The Kier molecular flexibility index (Phi) is 6.12. The van der Waals surface area contributed by atoms with E-state index in [-0.39, 0.29) is 17.2 Å². The molecule has 1 amide bonds. The lowest BCUT2D eigenvalue weighted by Gasteiger charge is -2.07. The number of nitrogens with zero attached hydrogens (tertiary/aromatic N) is 2. The van der Waals surface area contributed by atoms with E-state index in [1.165, 1.54) is 23.5 Å². The number of anilines is 1. The topological polar surface area (TPSA) is 117 Å². The Labute approximate surface area is 183 Å². The molecule has 0 bridgehead atoms. The summed E-state index contributed by atoms with van der Waals surface area (Å²) in [5.41, 5.74) is 3.04. The summed E-state index contributed by atoms with van der Waals surface area (Å²) in [6.07, 6.45) is 4.31. The van der Waals surface area contributed by atoms with Crippen LogP contribution in [0, 0.1) is 0 Å². The first-order valence-electron chi connectivity index (χ1n) is 9.73. The maximum Gasteiger partial charge on any atom is 0.240 e. The average molecular weight is 456 g/mol. The van der Waals surface area contributed by atoms with Crippen LogP contribution in [0.5, 0.6) is 0 Å². The van der Waals surface area contributed by atoms with Gasteiger partial charge in [0.15, 0.2) is 5.13 Å². The molecule has 0 saturated carbocycles. The molecule has 160 valence electrons. The van der Waals surface area contributed by atoms with E-state index < -0.39 is 10.0 Å². The van der Waals surface area contributed by atoms with Crippen molar-refractivity contribution >= 4 is 43.4 Å². The molecule has 4 aromatic rings. The van der Waals surface area contributed by atoms with Crippen molar-refractivity contribution in [2.45, 2.75) is 24.7 Å². The number of rotatable bonds is 8. The van der Waals surface area contributed by atoms with Gasteiger partial charge in [-0.05, 0) is 36.2 Å². The Bertz CT molecular complexity index is 1330. The number of fused-ring (bicyclic) bond motifs is 1. The van der Waals surface area contributed by atoms with Gasteiger partial charge in [0, 0.05) is 35.3 Å². The molecule has 0 atom stereocenters. The summed E-state index contributed by atoms with van der Waals surface area (Å²) in [5.74, 6) is -0.266. The Balaban J connectivity index is 1.45. The first kappa shape index (κ1) is 21.2. The van der Waals surface area contributed by atoms with Crippen LogP contribution in [0.4, 0.5) is 5.13 Å². The molecule has 8 nitrogen and oxygen atoms in total. The Hall–Kier alpha value is -3.08. The molecule has 10 heteroatoms. The van der Waals surface area contributed by atoms with Crippen LogP contribution in [-0.2, 0) is 21.2 Å². The minimum atomic E-state index is -3.58. The highest BCUT2D eigenvalue weighted by atomic mass is 32.2. The SMILES string of the molecule is CCCNS(=O)(=O)c1cccc(CC(=O)Nc2nc(-c3c[nH]c4ncccc34)cs2)c1. The van der Waals surface area contributed by atoms with Crippen LogP contribution in [0.15, 0.2) is 59.1 Å². The van der Waals surface area contributed by atoms with E-state index in [4.69, 9.17) is 0 Å². The number of aromatic nitrogens is 3. The van der Waals surface area contributed by atoms with E-state index in [9.17, 15) is 13.2 Å². The predicted octanol–water partition coefficient (Wildman–Crippen LogP) is 3.56. The standard InChI is InChI=1S/C21H21N5O3S2/c1-2-8-24-31(28,29)15-6-3-5-14(10-15)11-19(27)26-21-25-18(13-30-21)17-12-23-20-16(17)7-4-9-22-20/h3-7,9-10,12-13,24H,2,8,11H2,1H3,(H,22,23)(H,25,26,27). The fourth-order valence-electron chi connectivity index (χ4n) is 3.11. The van der Waals surface area contributed by atoms with E-state index in [0.29, 0.717) is 23.7 Å². The molecule has 3 aromatic heterocycles. The number of benzene rings is 1. The maximum absolute atomic E-state index is 12.5. The fourth-order valence-corrected chi connectivity index (χ4v) is 5.04. The van der Waals surface area contributed by atoms with E-state index in [1.54, 1.807) is 18.3 Å². The highest BCUT2D eigenvalue weighted by molar-refractivity contribution is 7.89. The monoisotopic (exact) mass is 455 g/mol. The lowest BCUT2D eigenvalue weighted by atomic mass is 10.1. The number of thiazole rings is 1. The second-order valence-electron chi connectivity index (χ2n) is 6.91. The number of hydrogen-bond acceptors (Lipinski definition) is 6. The van der Waals surface area contributed by atoms with Crippen LogP contribution >= 0.6 is 11.3 Å². The average Bonchev–Trinajstić information content (AvgIpc) is 3.39. The quantitative estimate of drug-likeness (QED) is 0.376. The zero-order valence-electron chi connectivity index (χ0n) is 16.8. The van der Waals surface area contributed by atoms with Gasteiger partial charge in [0.1, 0.15) is 5.65 Å². The van der Waals surface area contributed by atoms with Gasteiger partial charge in [-0.3, -0.25) is 4.79 Å². The molecule has 0 fully saturated rings. The van der Waals surface area contributed by atoms with Gasteiger partial charge < -0.3 is 10.3 Å². The summed E-state index contributed by atoms with van der Waals surface area (Å²) in [4.78, 5) is 24.5. The summed E-state index contributed by atoms with van der Waals surface area (Å²) < 4.78 is 27.1. The van der Waals surface area contributed by atoms with Crippen LogP contribution in [0.25, 0.3) is 22.3 Å². The molecule has 0 aliphatic carbocycles. The molecule has 1 aromatic carbocycles. The third-order valence-corrected chi connectivity index (χ3v) is 6.81. The molecule has 31 heavy (non-hydrogen) atoms. The van der Waals surface area contributed by atoms with E-state index in [2.05, 4.69) is 25.0 Å². The highest BCUT2D eigenvalue weighted by Crippen LogP contribution is 2.30. The molecule has 0 saturated heterocycles. The van der Waals surface area contributed by atoms with Crippen LogP contribution < -0.4 is 10.0 Å². The number of pyridine rings is 1. The zero-order chi connectivity index (χ0) is 21.8. The van der Waals surface area contributed by atoms with Gasteiger partial charge in [0.2, 0.25) is 15.9 Å². The molecular formula is C21H21N5O3S2. The van der Waals surface area contributed by atoms with Gasteiger partial charge in [-0.15, -0.1) is 11.3 Å². The number of sulfonamides is 1. The molecule has 0 spiro atoms. The van der Waals surface area contributed by atoms with Crippen LogP contribution in [0.3, 0.4) is 0 Å². The molecule has 0 aliphatic rings. The van der Waals surface area contributed by atoms with Crippen molar-refractivity contribution in [3.63, 3.8) is 0 Å². The minimum absolute atomic E-state index is 0.0447. The minimum Gasteiger partial charge on any atom is -0.345 e. The van der Waals surface area contributed by atoms with Gasteiger partial charge in [0.05, 0.1) is 17.0 Å². The van der Waals surface area contributed by atoms with Gasteiger partial charge in [-0.25, -0.2) is 23.1 Å². The van der Waals surface area contributed by atoms with E-state index >= 15 is 0 Å². The number of H-pyrrole nitrogens is 1. The second-order valence-corrected chi connectivity index (χ2v) is 9.54. The van der Waals surface area contributed by atoms with Crippen molar-refractivity contribution in [2.24, 2.45) is 0 Å². The summed E-state index contributed by atoms with van der Waals surface area (Å²) >= 11 is 1.33. The Morgan fingerprint density at radius 2 is 2.10 bits per heavy atom. The molecule has 0 aliphatic heterocycles. The number of hydrogen-bond donors (Lipinski definition) is 3. The zero-order valence-corrected chi connectivity index (χ0v) is 18.4. The normalized spacial score (nSPS) is 11.6. The molecular weight excluding hydrogens is 434 g/mol. The number of carbonyl (C=O) groups excluding carboxylic acids is 1. The first-order chi connectivity index (χ1) is 15.0. The molecule has 3 heterocycles. The van der Waals surface area contributed by atoms with Crippen molar-refractivity contribution in [3.05, 3.63) is 59.7 Å². The summed E-state index contributed by atoms with van der Waals surface area (Å²) in [6, 6.07) is 10.2. The first-order valence-corrected chi connectivity index (χ1v) is 12.1. The summed E-state index contributed by atoms with van der Waals surface area (Å²) in [7, 11) is -3.58. The lowest BCUT2D eigenvalue weighted by Crippen LogP contribution is -2.24. The van der Waals surface area contributed by atoms with Crippen molar-refractivity contribution < 1.29 is 13.2 Å². The van der Waals surface area contributed by atoms with Gasteiger partial charge >= 0.3 is 0 Å². The second kappa shape index (κ2) is 8.96. The number of aromatic amines is 1. The Morgan fingerprint density at radius 1 is 1.23 bits per heavy atom. The fraction of sp³-hybridized carbons (Fsp3) is 0.190. The lowest BCUT2D eigenvalue weighted by molar-refractivity contribution is -0.115. The number of amides is 1. The largest absolute Gasteiger partial charge is 0.345 e. The third kappa shape index (κ3) is 4.82. The van der Waals surface area contributed by atoms with E-state index in [1.807, 2.05) is 30.6 Å². The highest BCUT2D eigenvalue weighted by Gasteiger charge is 2.15. The molecule has 0 unspecified atom stereocenters. The van der Waals surface area contributed by atoms with Crippen molar-refractivity contribution in [2.75, 3.05) is 11.9 Å². The molecule has 3 N–H and O–H groups in total. The Morgan fingerprint density at radius 3 is 2.94 bits per heavy atom. The van der Waals surface area contributed by atoms with Crippen LogP contribution in [0.1, 0.15) is 18.9 Å². The van der Waals surface area contributed by atoms with E-state index in [0.717, 1.165) is 22.3 Å². The third-order valence-electron chi connectivity index (χ3n) is 4.59. The molecule has 4 rings (SSSR count). The number of carbonyl (C=O) groups is 1. The summed E-state index contributed by atoms with van der Waals surface area (Å²) in [6.45, 7) is 2.26. The predicted molar refractivity (Wildman–Crippen MR) is 121 cm³/mol. The van der Waals surface area contributed by atoms with Crippen LogP contribution in [-0.4, -0.2) is 35.8 Å². The van der Waals surface area contributed by atoms with Gasteiger partial charge in [0.25, 0.3) is 0 Å². The van der Waals surface area contributed by atoms with Crippen molar-refractivity contribution in [1.29, 1.82) is 0 Å². The number of nitrogens with one attached hydrogen (secondary N) is 3. The van der Waals surface area contributed by atoms with Crippen molar-refractivity contribution in [3.8, 4) is 11.3 Å². The van der Waals surface area contributed by atoms with Crippen LogP contribution in [0.2, 0.25) is 0 Å². The molecule has 0 radical (unpaired) electrons. The smallest absolute Gasteiger partial charge is 0.240 e. The summed E-state index contributed by atoms with van der Waals surface area (Å²) in [5, 5.41) is 6.10. The van der Waals surface area contributed by atoms with Gasteiger partial charge in [-0.1, -0.05) is 19.1 Å². The van der Waals surface area contributed by atoms with Crippen molar-refractivity contribution in [1.82, 2.24) is 19.7 Å². The van der Waals surface area contributed by atoms with Gasteiger partial charge in [-0.2, -0.15) is 0 Å².